The van der Waals surface area contributed by atoms with Crippen LogP contribution in [0.4, 0.5) is 0 Å². The molecule has 2 N–H and O–H groups in total. The van der Waals surface area contributed by atoms with Crippen molar-refractivity contribution in [1.82, 2.24) is 4.90 Å². The number of nitrogens with two attached hydrogens (primary N) is 1. The first-order valence-corrected chi connectivity index (χ1v) is 7.86. The molecule has 0 saturated carbocycles. The number of likely N-dealkylation sites (tertiary alicyclic amines) is 1. The average molecular weight is 258 g/mol. The molecule has 4 heteroatoms. The summed E-state index contributed by atoms with van der Waals surface area (Å²) in [6.07, 6.45) is 5.85. The van der Waals surface area contributed by atoms with E-state index in [-0.39, 0.29) is 11.3 Å². The number of amides is 1. The molecule has 1 aliphatic rings. The van der Waals surface area contributed by atoms with Crippen LogP contribution in [-0.2, 0) is 4.79 Å². The van der Waals surface area contributed by atoms with Crippen molar-refractivity contribution in [2.24, 2.45) is 5.73 Å². The number of carbonyl (C=O) groups excluding carboxylic acids is 1. The van der Waals surface area contributed by atoms with Crippen LogP contribution in [0.5, 0.6) is 0 Å². The van der Waals surface area contributed by atoms with Gasteiger partial charge >= 0.3 is 0 Å². The number of rotatable bonds is 5. The van der Waals surface area contributed by atoms with Crippen LogP contribution in [0.2, 0.25) is 0 Å². The maximum Gasteiger partial charge on any atom is 0.235 e. The van der Waals surface area contributed by atoms with E-state index in [2.05, 4.69) is 6.92 Å². The molecule has 0 spiro atoms. The van der Waals surface area contributed by atoms with Gasteiger partial charge in [0.15, 0.2) is 0 Å². The monoisotopic (exact) mass is 258 g/mol. The largest absolute Gasteiger partial charge is 0.342 e. The van der Waals surface area contributed by atoms with E-state index in [9.17, 15) is 4.79 Å². The SMILES string of the molecule is CCC(N)CSC(C)C(=O)N1CCCCCC1. The van der Waals surface area contributed by atoms with E-state index >= 15 is 0 Å². The molecule has 3 nitrogen and oxygen atoms in total. The summed E-state index contributed by atoms with van der Waals surface area (Å²) >= 11 is 1.70. The summed E-state index contributed by atoms with van der Waals surface area (Å²) in [7, 11) is 0. The first kappa shape index (κ1) is 14.8. The maximum atomic E-state index is 12.2. The molecule has 1 rings (SSSR count). The lowest BCUT2D eigenvalue weighted by molar-refractivity contribution is -0.130. The summed E-state index contributed by atoms with van der Waals surface area (Å²) in [6, 6.07) is 0.222. The van der Waals surface area contributed by atoms with Crippen LogP contribution in [0.1, 0.15) is 46.0 Å². The Balaban J connectivity index is 2.33. The molecule has 17 heavy (non-hydrogen) atoms. The summed E-state index contributed by atoms with van der Waals surface area (Å²) in [5.41, 5.74) is 5.88. The van der Waals surface area contributed by atoms with Gasteiger partial charge in [0, 0.05) is 24.9 Å². The highest BCUT2D eigenvalue weighted by molar-refractivity contribution is 8.00. The van der Waals surface area contributed by atoms with Crippen molar-refractivity contribution in [2.45, 2.75) is 57.2 Å². The molecule has 1 aliphatic heterocycles. The third kappa shape index (κ3) is 5.30. The number of hydrogen-bond donors (Lipinski definition) is 1. The number of hydrogen-bond acceptors (Lipinski definition) is 3. The molecule has 2 atom stereocenters. The summed E-state index contributed by atoms with van der Waals surface area (Å²) in [6.45, 7) is 6.00. The van der Waals surface area contributed by atoms with Crippen LogP contribution < -0.4 is 5.73 Å². The first-order chi connectivity index (χ1) is 8.15. The van der Waals surface area contributed by atoms with Gasteiger partial charge in [-0.15, -0.1) is 11.8 Å². The molecule has 1 amide bonds. The van der Waals surface area contributed by atoms with Crippen molar-refractivity contribution < 1.29 is 4.79 Å². The third-order valence-electron chi connectivity index (χ3n) is 3.35. The van der Waals surface area contributed by atoms with Crippen LogP contribution in [-0.4, -0.2) is 40.9 Å². The molecule has 1 heterocycles. The van der Waals surface area contributed by atoms with Gasteiger partial charge < -0.3 is 10.6 Å². The van der Waals surface area contributed by atoms with Crippen LogP contribution in [0.3, 0.4) is 0 Å². The van der Waals surface area contributed by atoms with E-state index in [0.29, 0.717) is 5.91 Å². The Bertz CT molecular complexity index is 227. The molecule has 2 unspecified atom stereocenters. The molecule has 0 aromatic rings. The topological polar surface area (TPSA) is 46.3 Å². The van der Waals surface area contributed by atoms with Crippen LogP contribution in [0, 0.1) is 0 Å². The van der Waals surface area contributed by atoms with Crippen LogP contribution in [0.15, 0.2) is 0 Å². The van der Waals surface area contributed by atoms with Gasteiger partial charge in [0.25, 0.3) is 0 Å². The molecular weight excluding hydrogens is 232 g/mol. The minimum Gasteiger partial charge on any atom is -0.342 e. The van der Waals surface area contributed by atoms with E-state index in [1.165, 1.54) is 12.8 Å². The molecule has 100 valence electrons. The standard InChI is InChI=1S/C13H26N2OS/c1-3-12(14)10-17-11(2)13(16)15-8-6-4-5-7-9-15/h11-12H,3-10,14H2,1-2H3. The summed E-state index contributed by atoms with van der Waals surface area (Å²) in [5, 5.41) is 0.0608. The molecule has 0 bridgehead atoms. The van der Waals surface area contributed by atoms with Crippen molar-refractivity contribution in [3.63, 3.8) is 0 Å². The summed E-state index contributed by atoms with van der Waals surface area (Å²) < 4.78 is 0. The fourth-order valence-corrected chi connectivity index (χ4v) is 3.07. The van der Waals surface area contributed by atoms with Gasteiger partial charge in [0.1, 0.15) is 0 Å². The zero-order valence-electron chi connectivity index (χ0n) is 11.2. The highest BCUT2D eigenvalue weighted by atomic mass is 32.2. The lowest BCUT2D eigenvalue weighted by atomic mass is 10.2. The predicted molar refractivity (Wildman–Crippen MR) is 75.2 cm³/mol. The highest BCUT2D eigenvalue weighted by Crippen LogP contribution is 2.18. The van der Waals surface area contributed by atoms with Gasteiger partial charge in [0.2, 0.25) is 5.91 Å². The minimum absolute atomic E-state index is 0.0608. The second-order valence-corrected chi connectivity index (χ2v) is 6.26. The second-order valence-electron chi connectivity index (χ2n) is 4.88. The van der Waals surface area contributed by atoms with Gasteiger partial charge in [-0.3, -0.25) is 4.79 Å². The van der Waals surface area contributed by atoms with Crippen LogP contribution >= 0.6 is 11.8 Å². The molecule has 0 aromatic carbocycles. The Kier molecular flexibility index (Phi) is 6.97. The number of carbonyl (C=O) groups is 1. The average Bonchev–Trinajstić information content (AvgIpc) is 2.63. The van der Waals surface area contributed by atoms with Crippen LogP contribution in [0.25, 0.3) is 0 Å². The molecule has 0 radical (unpaired) electrons. The van der Waals surface area contributed by atoms with Crippen molar-refractivity contribution >= 4 is 17.7 Å². The van der Waals surface area contributed by atoms with E-state index < -0.39 is 0 Å². The normalized spacial score (nSPS) is 20.8. The Morgan fingerprint density at radius 2 is 1.88 bits per heavy atom. The van der Waals surface area contributed by atoms with Gasteiger partial charge in [-0.25, -0.2) is 0 Å². The van der Waals surface area contributed by atoms with Crippen molar-refractivity contribution in [3.8, 4) is 0 Å². The third-order valence-corrected chi connectivity index (χ3v) is 4.67. The fraction of sp³-hybridized carbons (Fsp3) is 0.923. The van der Waals surface area contributed by atoms with E-state index in [1.54, 1.807) is 11.8 Å². The van der Waals surface area contributed by atoms with Gasteiger partial charge in [0.05, 0.1) is 5.25 Å². The van der Waals surface area contributed by atoms with Gasteiger partial charge in [-0.05, 0) is 26.2 Å². The molecule has 1 saturated heterocycles. The lowest BCUT2D eigenvalue weighted by Gasteiger charge is -2.24. The predicted octanol–water partition coefficient (Wildman–Crippen LogP) is 2.25. The molecular formula is C13H26N2OS. The smallest absolute Gasteiger partial charge is 0.235 e. The summed E-state index contributed by atoms with van der Waals surface area (Å²) in [5.74, 6) is 1.19. The van der Waals surface area contributed by atoms with Gasteiger partial charge in [-0.1, -0.05) is 19.8 Å². The van der Waals surface area contributed by atoms with E-state index in [4.69, 9.17) is 5.73 Å². The number of thioether (sulfide) groups is 1. The van der Waals surface area contributed by atoms with Crippen molar-refractivity contribution in [3.05, 3.63) is 0 Å². The minimum atomic E-state index is 0.0608. The van der Waals surface area contributed by atoms with Crippen molar-refractivity contribution in [1.29, 1.82) is 0 Å². The van der Waals surface area contributed by atoms with Gasteiger partial charge in [-0.2, -0.15) is 0 Å². The lowest BCUT2D eigenvalue weighted by Crippen LogP contribution is -2.38. The Morgan fingerprint density at radius 3 is 2.41 bits per heavy atom. The zero-order chi connectivity index (χ0) is 12.7. The Labute approximate surface area is 109 Å². The maximum absolute atomic E-state index is 12.2. The van der Waals surface area contributed by atoms with E-state index in [0.717, 1.165) is 38.1 Å². The molecule has 0 aromatic heterocycles. The Hall–Kier alpha value is -0.220. The highest BCUT2D eigenvalue weighted by Gasteiger charge is 2.21. The summed E-state index contributed by atoms with van der Waals surface area (Å²) in [4.78, 5) is 14.3. The Morgan fingerprint density at radius 1 is 1.29 bits per heavy atom. The first-order valence-electron chi connectivity index (χ1n) is 6.81. The van der Waals surface area contributed by atoms with Crippen molar-refractivity contribution in [2.75, 3.05) is 18.8 Å². The molecule has 1 fully saturated rings. The number of nitrogens with zero attached hydrogens (tertiary/aromatic N) is 1. The quantitative estimate of drug-likeness (QED) is 0.822. The fourth-order valence-electron chi connectivity index (χ4n) is 2.01. The van der Waals surface area contributed by atoms with E-state index in [1.807, 2.05) is 11.8 Å². The molecule has 0 aliphatic carbocycles. The second kappa shape index (κ2) is 7.98. The zero-order valence-corrected chi connectivity index (χ0v) is 12.0.